The molecule has 0 unspecified atom stereocenters. The predicted octanol–water partition coefficient (Wildman–Crippen LogP) is 3.68. The van der Waals surface area contributed by atoms with Crippen molar-refractivity contribution in [3.8, 4) is 12.3 Å². The van der Waals surface area contributed by atoms with Crippen LogP contribution in [0.1, 0.15) is 65.2 Å². The summed E-state index contributed by atoms with van der Waals surface area (Å²) in [4.78, 5) is 12.7. The van der Waals surface area contributed by atoms with Gasteiger partial charge in [-0.15, -0.1) is 6.42 Å². The van der Waals surface area contributed by atoms with Crippen molar-refractivity contribution >= 4 is 5.91 Å². The monoisotopic (exact) mass is 355 g/mol. The lowest BCUT2D eigenvalue weighted by molar-refractivity contribution is -0.131. The van der Waals surface area contributed by atoms with E-state index < -0.39 is 0 Å². The Morgan fingerprint density at radius 3 is 2.85 bits per heavy atom. The van der Waals surface area contributed by atoms with Crippen LogP contribution >= 0.6 is 0 Å². The van der Waals surface area contributed by atoms with E-state index in [1.807, 2.05) is 0 Å². The SMILES string of the molecule is C#CCNC(=O)[C@H]1CC[C@H]2[C@@H]3CC=C4C[C@@H](O)CC[C@]4(C)[C@H]3CC[C@]12C. The van der Waals surface area contributed by atoms with Crippen LogP contribution in [0.5, 0.6) is 0 Å². The largest absolute Gasteiger partial charge is 0.393 e. The van der Waals surface area contributed by atoms with Crippen LogP contribution in [0.2, 0.25) is 0 Å². The molecule has 0 radical (unpaired) electrons. The molecule has 0 bridgehead atoms. The Bertz CT molecular complexity index is 662. The molecule has 0 saturated heterocycles. The first-order valence-corrected chi connectivity index (χ1v) is 10.5. The molecule has 4 aliphatic carbocycles. The minimum atomic E-state index is -0.143. The lowest BCUT2D eigenvalue weighted by Crippen LogP contribution is -2.51. The predicted molar refractivity (Wildman–Crippen MR) is 103 cm³/mol. The molecule has 26 heavy (non-hydrogen) atoms. The Labute approximate surface area is 158 Å². The summed E-state index contributed by atoms with van der Waals surface area (Å²) in [5.41, 5.74) is 1.91. The van der Waals surface area contributed by atoms with Crippen molar-refractivity contribution in [3.63, 3.8) is 0 Å². The minimum Gasteiger partial charge on any atom is -0.393 e. The van der Waals surface area contributed by atoms with E-state index in [4.69, 9.17) is 6.42 Å². The second kappa shape index (κ2) is 6.41. The van der Waals surface area contributed by atoms with Crippen LogP contribution in [0.4, 0.5) is 0 Å². The summed E-state index contributed by atoms with van der Waals surface area (Å²) in [5.74, 6) is 4.88. The van der Waals surface area contributed by atoms with Gasteiger partial charge in [-0.25, -0.2) is 0 Å². The number of nitrogens with one attached hydrogen (secondary N) is 1. The number of aliphatic hydroxyl groups is 1. The number of amides is 1. The van der Waals surface area contributed by atoms with Crippen LogP contribution in [-0.2, 0) is 4.79 Å². The average Bonchev–Trinajstić information content (AvgIpc) is 2.97. The first kappa shape index (κ1) is 18.1. The Morgan fingerprint density at radius 2 is 2.08 bits per heavy atom. The second-order valence-corrected chi connectivity index (χ2v) is 9.75. The number of carbonyl (C=O) groups excluding carboxylic acids is 1. The fourth-order valence-electron chi connectivity index (χ4n) is 7.33. The van der Waals surface area contributed by atoms with E-state index in [0.717, 1.165) is 44.4 Å². The molecule has 4 aliphatic rings. The molecule has 3 nitrogen and oxygen atoms in total. The summed E-state index contributed by atoms with van der Waals surface area (Å²) < 4.78 is 0. The number of aliphatic hydroxyl groups excluding tert-OH is 1. The molecule has 1 amide bonds. The van der Waals surface area contributed by atoms with Crippen LogP contribution < -0.4 is 5.32 Å². The number of allylic oxidation sites excluding steroid dienone is 1. The lowest BCUT2D eigenvalue weighted by Gasteiger charge is -2.57. The highest BCUT2D eigenvalue weighted by atomic mass is 16.3. The standard InChI is InChI=1S/C23H33NO2/c1-4-13-24-21(26)20-8-7-18-17-6-5-15-14-16(25)9-11-22(15,2)19(17)10-12-23(18,20)3/h1,5,16-20,25H,6-14H2,2-3H3,(H,24,26)/t16-,17-,18-,19-,20+,22-,23-/m0/s1. The van der Waals surface area contributed by atoms with Gasteiger partial charge in [0.15, 0.2) is 0 Å². The van der Waals surface area contributed by atoms with Crippen molar-refractivity contribution in [1.82, 2.24) is 5.32 Å². The zero-order chi connectivity index (χ0) is 18.5. The number of terminal acetylenes is 1. The third-order valence-corrected chi connectivity index (χ3v) is 8.76. The Balaban J connectivity index is 1.58. The Morgan fingerprint density at radius 1 is 1.27 bits per heavy atom. The number of carbonyl (C=O) groups is 1. The summed E-state index contributed by atoms with van der Waals surface area (Å²) in [5, 5.41) is 13.1. The third-order valence-electron chi connectivity index (χ3n) is 8.76. The van der Waals surface area contributed by atoms with Gasteiger partial charge in [0.05, 0.1) is 12.6 Å². The highest BCUT2D eigenvalue weighted by Gasteiger charge is 2.59. The van der Waals surface area contributed by atoms with Crippen molar-refractivity contribution in [2.45, 2.75) is 71.3 Å². The topological polar surface area (TPSA) is 49.3 Å². The molecule has 3 heteroatoms. The third kappa shape index (κ3) is 2.56. The highest BCUT2D eigenvalue weighted by Crippen LogP contribution is 2.66. The van der Waals surface area contributed by atoms with Gasteiger partial charge in [-0.1, -0.05) is 31.4 Å². The van der Waals surface area contributed by atoms with Crippen molar-refractivity contribution in [3.05, 3.63) is 11.6 Å². The van der Waals surface area contributed by atoms with Gasteiger partial charge in [0.1, 0.15) is 0 Å². The Kier molecular flexibility index (Phi) is 4.47. The first-order chi connectivity index (χ1) is 12.4. The molecule has 3 saturated carbocycles. The normalized spacial score (nSPS) is 47.0. The van der Waals surface area contributed by atoms with Crippen LogP contribution in [0.15, 0.2) is 11.6 Å². The smallest absolute Gasteiger partial charge is 0.224 e. The Hall–Kier alpha value is -1.27. The van der Waals surface area contributed by atoms with Gasteiger partial charge >= 0.3 is 0 Å². The lowest BCUT2D eigenvalue weighted by atomic mass is 9.47. The van der Waals surface area contributed by atoms with Crippen molar-refractivity contribution in [2.75, 3.05) is 6.54 Å². The van der Waals surface area contributed by atoms with Gasteiger partial charge in [0.25, 0.3) is 0 Å². The van der Waals surface area contributed by atoms with Crippen LogP contribution in [-0.4, -0.2) is 23.7 Å². The van der Waals surface area contributed by atoms with E-state index >= 15 is 0 Å². The van der Waals surface area contributed by atoms with Crippen LogP contribution in [0.3, 0.4) is 0 Å². The van der Waals surface area contributed by atoms with Crippen LogP contribution in [0.25, 0.3) is 0 Å². The van der Waals surface area contributed by atoms with Gasteiger partial charge in [-0.05, 0) is 80.0 Å². The first-order valence-electron chi connectivity index (χ1n) is 10.5. The van der Waals surface area contributed by atoms with Crippen molar-refractivity contribution in [1.29, 1.82) is 0 Å². The molecule has 0 aromatic heterocycles. The maximum atomic E-state index is 12.7. The summed E-state index contributed by atoms with van der Waals surface area (Å²) in [7, 11) is 0. The van der Waals surface area contributed by atoms with Crippen molar-refractivity contribution in [2.24, 2.45) is 34.5 Å². The van der Waals surface area contributed by atoms with Crippen LogP contribution in [0, 0.1) is 46.8 Å². The fraction of sp³-hybridized carbons (Fsp3) is 0.783. The maximum absolute atomic E-state index is 12.7. The molecule has 0 heterocycles. The van der Waals surface area contributed by atoms with E-state index in [1.165, 1.54) is 18.4 Å². The summed E-state index contributed by atoms with van der Waals surface area (Å²) in [6.45, 7) is 5.16. The van der Waals surface area contributed by atoms with E-state index in [1.54, 1.807) is 0 Å². The molecule has 7 atom stereocenters. The van der Waals surface area contributed by atoms with Gasteiger partial charge in [-0.2, -0.15) is 0 Å². The molecular weight excluding hydrogens is 322 g/mol. The molecule has 0 spiro atoms. The van der Waals surface area contributed by atoms with E-state index in [0.29, 0.717) is 18.4 Å². The zero-order valence-electron chi connectivity index (χ0n) is 16.3. The van der Waals surface area contributed by atoms with Gasteiger partial charge < -0.3 is 10.4 Å². The molecule has 142 valence electrons. The van der Waals surface area contributed by atoms with E-state index in [-0.39, 0.29) is 28.8 Å². The molecule has 2 N–H and O–H groups in total. The fourth-order valence-corrected chi connectivity index (χ4v) is 7.33. The summed E-state index contributed by atoms with van der Waals surface area (Å²) in [6.07, 6.45) is 16.3. The maximum Gasteiger partial charge on any atom is 0.224 e. The van der Waals surface area contributed by atoms with Gasteiger partial charge in [0, 0.05) is 5.92 Å². The molecule has 0 aromatic rings. The van der Waals surface area contributed by atoms with E-state index in [9.17, 15) is 9.90 Å². The highest BCUT2D eigenvalue weighted by molar-refractivity contribution is 5.80. The number of hydrogen-bond acceptors (Lipinski definition) is 2. The molecular formula is C23H33NO2. The molecule has 0 aliphatic heterocycles. The number of hydrogen-bond donors (Lipinski definition) is 2. The molecule has 3 fully saturated rings. The number of rotatable bonds is 2. The van der Waals surface area contributed by atoms with Gasteiger partial charge in [0.2, 0.25) is 5.91 Å². The summed E-state index contributed by atoms with van der Waals surface area (Å²) >= 11 is 0. The van der Waals surface area contributed by atoms with Gasteiger partial charge in [-0.3, -0.25) is 4.79 Å². The number of fused-ring (bicyclic) bond motifs is 5. The summed E-state index contributed by atoms with van der Waals surface area (Å²) in [6, 6.07) is 0. The average molecular weight is 356 g/mol. The van der Waals surface area contributed by atoms with Crippen molar-refractivity contribution < 1.29 is 9.90 Å². The molecule has 4 rings (SSSR count). The zero-order valence-corrected chi connectivity index (χ0v) is 16.3. The second-order valence-electron chi connectivity index (χ2n) is 9.75. The van der Waals surface area contributed by atoms with E-state index in [2.05, 4.69) is 31.2 Å². The minimum absolute atomic E-state index is 0.119. The molecule has 0 aromatic carbocycles. The quantitative estimate of drug-likeness (QED) is 0.586.